The summed E-state index contributed by atoms with van der Waals surface area (Å²) in [5, 5.41) is 31.4. The Balaban J connectivity index is 0.000000517. The third-order valence-electron chi connectivity index (χ3n) is 6.53. The summed E-state index contributed by atoms with van der Waals surface area (Å²) in [6.07, 6.45) is -1.15. The van der Waals surface area contributed by atoms with Crippen molar-refractivity contribution in [1.29, 1.82) is 10.5 Å². The van der Waals surface area contributed by atoms with Crippen molar-refractivity contribution < 1.29 is 36.2 Å². The molecule has 0 aliphatic carbocycles. The van der Waals surface area contributed by atoms with Crippen LogP contribution < -0.4 is 4.90 Å². The highest BCUT2D eigenvalue weighted by Gasteiger charge is 2.39. The van der Waals surface area contributed by atoms with Crippen molar-refractivity contribution in [2.75, 3.05) is 18.0 Å². The molecule has 0 spiro atoms. The minimum absolute atomic E-state index is 0.0116. The second kappa shape index (κ2) is 11.7. The number of nitriles is 2. The summed E-state index contributed by atoms with van der Waals surface area (Å²) in [6.45, 7) is 0.764. The number of aliphatic carboxylic acids is 1. The number of pyridine rings is 1. The molecule has 1 fully saturated rings. The van der Waals surface area contributed by atoms with Crippen LogP contribution in [0.5, 0.6) is 0 Å². The van der Waals surface area contributed by atoms with Gasteiger partial charge in [0.1, 0.15) is 29.4 Å². The highest BCUT2D eigenvalue weighted by Crippen LogP contribution is 2.38. The zero-order valence-electron chi connectivity index (χ0n) is 21.2. The van der Waals surface area contributed by atoms with Gasteiger partial charge >= 0.3 is 18.3 Å². The first-order valence-electron chi connectivity index (χ1n) is 12.1. The standard InChI is InChI=1S/C23H18F3N9.C2HF3O2/c24-23(25,26)18-3-7-30-22(17(18)9-28)34-8-4-14(11-34)19(1-5-27)35-12-15(10-33-35)20-16-2-6-29-21(16)32-13-31-20;3-2(4,5)1(6)7/h2-3,6-7,10,12-14,19H,1,4,8,11H2,(H,29,31,32);(H,6,7)/t14-,19-;/m0./s1. The first kappa shape index (κ1) is 29.8. The van der Waals surface area contributed by atoms with E-state index in [9.17, 15) is 36.9 Å². The Morgan fingerprint density at radius 3 is 2.55 bits per heavy atom. The van der Waals surface area contributed by atoms with Crippen LogP contribution in [0.15, 0.2) is 43.2 Å². The number of nitrogens with zero attached hydrogens (tertiary/aromatic N) is 8. The van der Waals surface area contributed by atoms with Crippen molar-refractivity contribution in [3.05, 3.63) is 54.4 Å². The predicted molar refractivity (Wildman–Crippen MR) is 132 cm³/mol. The molecule has 4 aromatic heterocycles. The van der Waals surface area contributed by atoms with Crippen LogP contribution in [0.25, 0.3) is 22.3 Å². The second-order valence-electron chi connectivity index (χ2n) is 9.07. The fraction of sp³-hybridized carbons (Fsp3) is 0.320. The quantitative estimate of drug-likeness (QED) is 0.313. The van der Waals surface area contributed by atoms with Crippen LogP contribution in [-0.2, 0) is 11.0 Å². The molecule has 0 unspecified atom stereocenters. The van der Waals surface area contributed by atoms with Gasteiger partial charge in [0.05, 0.1) is 36.0 Å². The summed E-state index contributed by atoms with van der Waals surface area (Å²) in [4.78, 5) is 26.3. The lowest BCUT2D eigenvalue weighted by molar-refractivity contribution is -0.192. The molecule has 2 N–H and O–H groups in total. The SMILES string of the molecule is N#CC[C@@H]([C@H]1CCN(c2nccc(C(F)(F)F)c2C#N)C1)n1cc(-c2ncnc3[nH]ccc23)cn1.O=C(O)C(F)(F)F. The monoisotopic (exact) mass is 591 g/mol. The van der Waals surface area contributed by atoms with Gasteiger partial charge in [0.25, 0.3) is 0 Å². The number of carboxylic acids is 1. The molecule has 1 aliphatic rings. The molecular weight excluding hydrogens is 572 g/mol. The van der Waals surface area contributed by atoms with Crippen LogP contribution in [0.1, 0.15) is 30.0 Å². The van der Waals surface area contributed by atoms with Crippen LogP contribution in [0.2, 0.25) is 0 Å². The fourth-order valence-electron chi connectivity index (χ4n) is 4.64. The van der Waals surface area contributed by atoms with E-state index in [0.29, 0.717) is 30.9 Å². The van der Waals surface area contributed by atoms with Crippen LogP contribution >= 0.6 is 0 Å². The topological polar surface area (TPSA) is 160 Å². The van der Waals surface area contributed by atoms with Crippen LogP contribution in [0.3, 0.4) is 0 Å². The minimum atomic E-state index is -5.08. The summed E-state index contributed by atoms with van der Waals surface area (Å²) in [5.41, 5.74) is 0.682. The summed E-state index contributed by atoms with van der Waals surface area (Å²) in [5.74, 6) is -2.83. The van der Waals surface area contributed by atoms with Gasteiger partial charge in [0, 0.05) is 48.5 Å². The van der Waals surface area contributed by atoms with Crippen molar-refractivity contribution in [1.82, 2.24) is 29.7 Å². The first-order chi connectivity index (χ1) is 19.8. The van der Waals surface area contributed by atoms with E-state index in [-0.39, 0.29) is 24.2 Å². The number of carbonyl (C=O) groups is 1. The molecular formula is C25H19F6N9O2. The zero-order valence-corrected chi connectivity index (χ0v) is 21.2. The Bertz CT molecular complexity index is 1670. The molecule has 5 heterocycles. The molecule has 2 atom stereocenters. The maximum atomic E-state index is 13.4. The molecule has 0 aromatic carbocycles. The van der Waals surface area contributed by atoms with Crippen LogP contribution in [0.4, 0.5) is 32.2 Å². The molecule has 0 radical (unpaired) electrons. The summed E-state index contributed by atoms with van der Waals surface area (Å²) >= 11 is 0. The molecule has 0 saturated carbocycles. The van der Waals surface area contributed by atoms with E-state index in [1.165, 1.54) is 6.33 Å². The number of carboxylic acid groups (broad SMARTS) is 1. The number of rotatable bonds is 5. The molecule has 5 rings (SSSR count). The van der Waals surface area contributed by atoms with Crippen molar-refractivity contribution in [2.45, 2.75) is 31.2 Å². The van der Waals surface area contributed by atoms with Crippen molar-refractivity contribution in [3.63, 3.8) is 0 Å². The van der Waals surface area contributed by atoms with E-state index in [1.807, 2.05) is 12.3 Å². The lowest BCUT2D eigenvalue weighted by atomic mass is 9.96. The molecule has 17 heteroatoms. The maximum Gasteiger partial charge on any atom is 0.490 e. The summed E-state index contributed by atoms with van der Waals surface area (Å²) < 4.78 is 73.6. The normalized spacial score (nSPS) is 15.9. The third-order valence-corrected chi connectivity index (χ3v) is 6.53. The van der Waals surface area contributed by atoms with Gasteiger partial charge in [-0.15, -0.1) is 0 Å². The average molecular weight is 591 g/mol. The Hall–Kier alpha value is -5.19. The highest BCUT2D eigenvalue weighted by atomic mass is 19.4. The molecule has 42 heavy (non-hydrogen) atoms. The van der Waals surface area contributed by atoms with E-state index >= 15 is 0 Å². The van der Waals surface area contributed by atoms with Gasteiger partial charge in [-0.25, -0.2) is 19.7 Å². The highest BCUT2D eigenvalue weighted by molar-refractivity contribution is 5.90. The molecule has 218 valence electrons. The average Bonchev–Trinajstić information content (AvgIpc) is 3.71. The number of hydrogen-bond acceptors (Lipinski definition) is 8. The number of H-pyrrole nitrogens is 1. The second-order valence-corrected chi connectivity index (χ2v) is 9.07. The summed E-state index contributed by atoms with van der Waals surface area (Å²) in [7, 11) is 0. The van der Waals surface area contributed by atoms with Gasteiger partial charge in [-0.05, 0) is 18.6 Å². The smallest absolute Gasteiger partial charge is 0.475 e. The maximum absolute atomic E-state index is 13.4. The van der Waals surface area contributed by atoms with Gasteiger partial charge in [-0.2, -0.15) is 42.0 Å². The molecule has 1 aliphatic heterocycles. The molecule has 1 saturated heterocycles. The third kappa shape index (κ3) is 6.25. The number of alkyl halides is 6. The van der Waals surface area contributed by atoms with Crippen LogP contribution in [-0.4, -0.2) is 60.1 Å². The molecule has 0 amide bonds. The Morgan fingerprint density at radius 1 is 1.17 bits per heavy atom. The Morgan fingerprint density at radius 2 is 1.90 bits per heavy atom. The van der Waals surface area contributed by atoms with E-state index in [2.05, 4.69) is 31.1 Å². The Labute approximate surface area is 232 Å². The van der Waals surface area contributed by atoms with E-state index in [1.54, 1.807) is 28.0 Å². The number of aromatic amines is 1. The van der Waals surface area contributed by atoms with Crippen molar-refractivity contribution in [3.8, 4) is 23.4 Å². The minimum Gasteiger partial charge on any atom is -0.475 e. The lowest BCUT2D eigenvalue weighted by Crippen LogP contribution is -2.26. The van der Waals surface area contributed by atoms with E-state index in [4.69, 9.17) is 9.90 Å². The molecule has 0 bridgehead atoms. The van der Waals surface area contributed by atoms with Crippen LogP contribution in [0, 0.1) is 28.6 Å². The van der Waals surface area contributed by atoms with E-state index in [0.717, 1.165) is 23.2 Å². The van der Waals surface area contributed by atoms with Crippen molar-refractivity contribution >= 4 is 22.8 Å². The first-order valence-corrected chi connectivity index (χ1v) is 12.1. The number of hydrogen-bond donors (Lipinski definition) is 2. The number of nitrogens with one attached hydrogen (secondary N) is 1. The fourth-order valence-corrected chi connectivity index (χ4v) is 4.64. The van der Waals surface area contributed by atoms with Crippen molar-refractivity contribution in [2.24, 2.45) is 5.92 Å². The molecule has 4 aromatic rings. The van der Waals surface area contributed by atoms with Gasteiger partial charge in [-0.1, -0.05) is 0 Å². The predicted octanol–water partition coefficient (Wildman–Crippen LogP) is 4.72. The summed E-state index contributed by atoms with van der Waals surface area (Å²) in [6, 6.07) is 6.25. The lowest BCUT2D eigenvalue weighted by Gasteiger charge is -2.24. The van der Waals surface area contributed by atoms with E-state index < -0.39 is 29.4 Å². The Kier molecular flexibility index (Phi) is 8.32. The molecule has 11 nitrogen and oxygen atoms in total. The zero-order chi connectivity index (χ0) is 30.7. The number of anilines is 1. The van der Waals surface area contributed by atoms with Gasteiger partial charge < -0.3 is 15.0 Å². The van der Waals surface area contributed by atoms with Gasteiger partial charge in [-0.3, -0.25) is 4.68 Å². The van der Waals surface area contributed by atoms with Gasteiger partial charge in [0.15, 0.2) is 0 Å². The number of fused-ring (bicyclic) bond motifs is 1. The number of aromatic nitrogens is 6. The largest absolute Gasteiger partial charge is 0.490 e. The van der Waals surface area contributed by atoms with Gasteiger partial charge in [0.2, 0.25) is 0 Å². The number of halogens is 6.